The Morgan fingerprint density at radius 2 is 1.74 bits per heavy atom. The Bertz CT molecular complexity index is 700. The molecule has 3 rings (SSSR count). The molecule has 2 aliphatic rings. The van der Waals surface area contributed by atoms with Gasteiger partial charge in [-0.1, -0.05) is 49.1 Å². The minimum absolute atomic E-state index is 0.387. The zero-order chi connectivity index (χ0) is 13.4. The van der Waals surface area contributed by atoms with Crippen molar-refractivity contribution in [2.75, 3.05) is 0 Å². The predicted molar refractivity (Wildman–Crippen MR) is 75.3 cm³/mol. The number of Topliss-reactive ketones (excluding diaryl/α,β-unsaturated/α-hetero) is 2. The summed E-state index contributed by atoms with van der Waals surface area (Å²) in [5.41, 5.74) is 3.89. The molecule has 1 aromatic carbocycles. The van der Waals surface area contributed by atoms with Gasteiger partial charge in [-0.3, -0.25) is 9.59 Å². The summed E-state index contributed by atoms with van der Waals surface area (Å²) in [6, 6.07) is 7.75. The molecule has 0 heterocycles. The molecule has 0 aliphatic heterocycles. The van der Waals surface area contributed by atoms with Crippen LogP contribution in [0, 0.1) is 0 Å². The van der Waals surface area contributed by atoms with Crippen LogP contribution in [0.1, 0.15) is 17.5 Å². The fourth-order valence-electron chi connectivity index (χ4n) is 2.38. The van der Waals surface area contributed by atoms with Gasteiger partial charge in [0.2, 0.25) is 11.6 Å². The largest absolute Gasteiger partial charge is 0.285 e. The molecular formula is C17H12O2. The van der Waals surface area contributed by atoms with Crippen LogP contribution in [0.3, 0.4) is 0 Å². The van der Waals surface area contributed by atoms with Crippen LogP contribution in [0.4, 0.5) is 0 Å². The Morgan fingerprint density at radius 3 is 2.58 bits per heavy atom. The molecule has 0 atom stereocenters. The van der Waals surface area contributed by atoms with Crippen LogP contribution in [0.2, 0.25) is 0 Å². The number of carbonyl (C=O) groups is 2. The first-order valence-corrected chi connectivity index (χ1v) is 6.12. The van der Waals surface area contributed by atoms with Crippen LogP contribution in [0.5, 0.6) is 0 Å². The van der Waals surface area contributed by atoms with Gasteiger partial charge < -0.3 is 0 Å². The lowest BCUT2D eigenvalue weighted by atomic mass is 9.97. The number of benzene rings is 1. The summed E-state index contributed by atoms with van der Waals surface area (Å²) in [6.45, 7) is 4.02. The van der Waals surface area contributed by atoms with E-state index in [1.165, 1.54) is 0 Å². The number of rotatable bonds is 0. The monoisotopic (exact) mass is 248 g/mol. The van der Waals surface area contributed by atoms with Crippen molar-refractivity contribution < 1.29 is 9.59 Å². The first-order chi connectivity index (χ1) is 9.16. The van der Waals surface area contributed by atoms with Crippen molar-refractivity contribution in [3.63, 3.8) is 0 Å². The molecule has 2 nitrogen and oxygen atoms in total. The van der Waals surface area contributed by atoms with E-state index in [1.54, 1.807) is 18.2 Å². The minimum atomic E-state index is -0.388. The van der Waals surface area contributed by atoms with E-state index < -0.39 is 0 Å². The van der Waals surface area contributed by atoms with E-state index >= 15 is 0 Å². The van der Waals surface area contributed by atoms with E-state index in [0.29, 0.717) is 17.6 Å². The minimum Gasteiger partial charge on any atom is -0.285 e. The quantitative estimate of drug-likeness (QED) is 0.661. The summed E-state index contributed by atoms with van der Waals surface area (Å²) in [5.74, 6) is -0.775. The van der Waals surface area contributed by atoms with E-state index in [9.17, 15) is 9.59 Å². The molecule has 2 bridgehead atoms. The van der Waals surface area contributed by atoms with Crippen molar-refractivity contribution >= 4 is 23.2 Å². The lowest BCUT2D eigenvalue weighted by molar-refractivity contribution is -0.130. The summed E-state index contributed by atoms with van der Waals surface area (Å²) < 4.78 is 0. The fourth-order valence-corrected chi connectivity index (χ4v) is 2.38. The highest BCUT2D eigenvalue weighted by Crippen LogP contribution is 2.29. The summed E-state index contributed by atoms with van der Waals surface area (Å²) in [7, 11) is 0. The van der Waals surface area contributed by atoms with Gasteiger partial charge in [0.1, 0.15) is 0 Å². The van der Waals surface area contributed by atoms with Gasteiger partial charge in [0.05, 0.1) is 0 Å². The summed E-state index contributed by atoms with van der Waals surface area (Å²) in [4.78, 5) is 23.7. The van der Waals surface area contributed by atoms with Crippen molar-refractivity contribution in [2.45, 2.75) is 6.42 Å². The van der Waals surface area contributed by atoms with Crippen molar-refractivity contribution in [3.05, 3.63) is 71.3 Å². The Hall–Kier alpha value is -2.48. The molecule has 2 heteroatoms. The maximum absolute atomic E-state index is 11.9. The zero-order valence-corrected chi connectivity index (χ0v) is 10.3. The van der Waals surface area contributed by atoms with E-state index in [4.69, 9.17) is 0 Å². The molecule has 0 unspecified atom stereocenters. The van der Waals surface area contributed by atoms with Crippen molar-refractivity contribution in [2.24, 2.45) is 0 Å². The fraction of sp³-hybridized carbons (Fsp3) is 0.0588. The molecule has 92 valence electrons. The molecule has 2 aliphatic carbocycles. The number of carbonyl (C=O) groups excluding carboxylic acids is 2. The van der Waals surface area contributed by atoms with Gasteiger partial charge in [-0.2, -0.15) is 0 Å². The van der Waals surface area contributed by atoms with Gasteiger partial charge in [-0.05, 0) is 22.8 Å². The Kier molecular flexibility index (Phi) is 2.64. The first kappa shape index (κ1) is 11.6. The number of hydrogen-bond donors (Lipinski definition) is 0. The molecular weight excluding hydrogens is 236 g/mol. The van der Waals surface area contributed by atoms with Gasteiger partial charge in [-0.25, -0.2) is 0 Å². The van der Waals surface area contributed by atoms with Gasteiger partial charge in [0.15, 0.2) is 0 Å². The number of hydrogen-bond acceptors (Lipinski definition) is 2. The summed E-state index contributed by atoms with van der Waals surface area (Å²) in [6.07, 6.45) is 7.58. The van der Waals surface area contributed by atoms with Gasteiger partial charge in [0, 0.05) is 17.6 Å². The molecule has 1 aromatic rings. The molecule has 0 spiro atoms. The van der Waals surface area contributed by atoms with E-state index in [-0.39, 0.29) is 11.6 Å². The SMILES string of the molecule is C=C1/C=C\C=C2/C/C(=C\c3ccccc31)C(=O)C2=O. The molecule has 0 aromatic heterocycles. The van der Waals surface area contributed by atoms with Gasteiger partial charge in [-0.15, -0.1) is 0 Å². The van der Waals surface area contributed by atoms with Crippen molar-refractivity contribution in [3.8, 4) is 0 Å². The number of fused-ring (bicyclic) bond motifs is 3. The highest BCUT2D eigenvalue weighted by Gasteiger charge is 2.31. The third kappa shape index (κ3) is 1.91. The first-order valence-electron chi connectivity index (χ1n) is 6.12. The Morgan fingerprint density at radius 1 is 1.00 bits per heavy atom. The van der Waals surface area contributed by atoms with Crippen molar-refractivity contribution in [1.29, 1.82) is 0 Å². The van der Waals surface area contributed by atoms with Gasteiger partial charge >= 0.3 is 0 Å². The van der Waals surface area contributed by atoms with Crippen LogP contribution in [0.25, 0.3) is 11.6 Å². The van der Waals surface area contributed by atoms with Crippen LogP contribution in [-0.2, 0) is 9.59 Å². The second kappa shape index (κ2) is 4.32. The second-order valence-corrected chi connectivity index (χ2v) is 4.67. The zero-order valence-electron chi connectivity index (χ0n) is 10.3. The lowest BCUT2D eigenvalue weighted by Gasteiger charge is -2.07. The van der Waals surface area contributed by atoms with Crippen molar-refractivity contribution in [1.82, 2.24) is 0 Å². The second-order valence-electron chi connectivity index (χ2n) is 4.67. The third-order valence-electron chi connectivity index (χ3n) is 3.40. The number of allylic oxidation sites excluding steroid dienone is 6. The third-order valence-corrected chi connectivity index (χ3v) is 3.40. The smallest absolute Gasteiger partial charge is 0.229 e. The van der Waals surface area contributed by atoms with Crippen LogP contribution >= 0.6 is 0 Å². The highest BCUT2D eigenvalue weighted by atomic mass is 16.2. The molecule has 1 saturated carbocycles. The Balaban J connectivity index is 2.25. The van der Waals surface area contributed by atoms with Crippen LogP contribution in [-0.4, -0.2) is 11.6 Å². The van der Waals surface area contributed by atoms with E-state index in [1.807, 2.05) is 30.3 Å². The lowest BCUT2D eigenvalue weighted by Crippen LogP contribution is -2.06. The molecule has 0 amide bonds. The molecule has 19 heavy (non-hydrogen) atoms. The normalized spacial score (nSPS) is 25.2. The molecule has 0 radical (unpaired) electrons. The van der Waals surface area contributed by atoms with E-state index in [0.717, 1.165) is 16.7 Å². The standard InChI is InChI=1S/C17H12O2/c1-11-5-4-7-13-10-14(17(19)16(13)18)9-12-6-2-3-8-15(11)12/h2-9H,1,10H2/b5-4-,13-7+,14-9+. The number of ketones is 2. The average molecular weight is 248 g/mol. The maximum Gasteiger partial charge on any atom is 0.229 e. The Labute approximate surface area is 111 Å². The maximum atomic E-state index is 11.9. The van der Waals surface area contributed by atoms with Crippen LogP contribution < -0.4 is 0 Å². The summed E-state index contributed by atoms with van der Waals surface area (Å²) in [5, 5.41) is 0. The molecule has 1 fully saturated rings. The molecule has 0 N–H and O–H groups in total. The highest BCUT2D eigenvalue weighted by molar-refractivity contribution is 6.53. The average Bonchev–Trinajstić information content (AvgIpc) is 2.67. The topological polar surface area (TPSA) is 34.1 Å². The van der Waals surface area contributed by atoms with Gasteiger partial charge in [0.25, 0.3) is 0 Å². The van der Waals surface area contributed by atoms with E-state index in [2.05, 4.69) is 6.58 Å². The van der Waals surface area contributed by atoms with Crippen LogP contribution in [0.15, 0.2) is 60.2 Å². The predicted octanol–water partition coefficient (Wildman–Crippen LogP) is 3.12. The summed E-state index contributed by atoms with van der Waals surface area (Å²) >= 11 is 0. The molecule has 0 saturated heterocycles.